The average molecular weight is 318 g/mol. The van der Waals surface area contributed by atoms with Gasteiger partial charge in [-0.1, -0.05) is 37.5 Å². The van der Waals surface area contributed by atoms with E-state index in [1.165, 1.54) is 32.1 Å². The summed E-state index contributed by atoms with van der Waals surface area (Å²) >= 11 is 0. The Kier molecular flexibility index (Phi) is 5.65. The minimum absolute atomic E-state index is 0.0308. The van der Waals surface area contributed by atoms with E-state index in [2.05, 4.69) is 10.6 Å². The van der Waals surface area contributed by atoms with E-state index in [9.17, 15) is 9.90 Å². The summed E-state index contributed by atoms with van der Waals surface area (Å²) in [6.07, 6.45) is 5.28. The molecule has 1 aromatic carbocycles. The number of benzene rings is 1. The second kappa shape index (κ2) is 7.90. The number of aliphatic hydroxyl groups excluding tert-OH is 1. The molecule has 3 rings (SSSR count). The number of aliphatic hydroxyl groups is 1. The normalized spacial score (nSPS) is 28.7. The highest BCUT2D eigenvalue weighted by atomic mass is 16.5. The molecule has 0 bridgehead atoms. The second-order valence-electron chi connectivity index (χ2n) is 6.55. The summed E-state index contributed by atoms with van der Waals surface area (Å²) in [6, 6.07) is 9.55. The smallest absolute Gasteiger partial charge is 0.251 e. The van der Waals surface area contributed by atoms with Gasteiger partial charge in [0.05, 0.1) is 18.8 Å². The molecule has 3 atom stereocenters. The molecule has 1 heterocycles. The van der Waals surface area contributed by atoms with Gasteiger partial charge in [0.2, 0.25) is 0 Å². The van der Waals surface area contributed by atoms with Crippen LogP contribution in [-0.4, -0.2) is 48.5 Å². The van der Waals surface area contributed by atoms with E-state index < -0.39 is 6.10 Å². The van der Waals surface area contributed by atoms with E-state index in [0.29, 0.717) is 24.8 Å². The number of hydrogen-bond acceptors (Lipinski definition) is 4. The molecule has 2 fully saturated rings. The van der Waals surface area contributed by atoms with Crippen molar-refractivity contribution in [3.63, 3.8) is 0 Å². The molecule has 3 N–H and O–H groups in total. The molecule has 0 unspecified atom stereocenters. The van der Waals surface area contributed by atoms with Gasteiger partial charge in [-0.2, -0.15) is 0 Å². The summed E-state index contributed by atoms with van der Waals surface area (Å²) in [4.78, 5) is 12.0. The van der Waals surface area contributed by atoms with Crippen LogP contribution in [0.25, 0.3) is 0 Å². The molecular formula is C18H26N2O3. The fourth-order valence-corrected chi connectivity index (χ4v) is 3.47. The average Bonchev–Trinajstić information content (AvgIpc) is 2.94. The Labute approximate surface area is 137 Å². The van der Waals surface area contributed by atoms with Gasteiger partial charge in [-0.05, 0) is 25.0 Å². The second-order valence-corrected chi connectivity index (χ2v) is 6.55. The lowest BCUT2D eigenvalue weighted by Crippen LogP contribution is -2.48. The molecule has 23 heavy (non-hydrogen) atoms. The summed E-state index contributed by atoms with van der Waals surface area (Å²) < 4.78 is 5.68. The van der Waals surface area contributed by atoms with Crippen molar-refractivity contribution >= 4 is 5.91 Å². The van der Waals surface area contributed by atoms with E-state index in [-0.39, 0.29) is 18.1 Å². The molecule has 1 amide bonds. The first-order valence-corrected chi connectivity index (χ1v) is 8.63. The fourth-order valence-electron chi connectivity index (χ4n) is 3.47. The van der Waals surface area contributed by atoms with Gasteiger partial charge in [0.25, 0.3) is 5.91 Å². The highest BCUT2D eigenvalue weighted by Gasteiger charge is 2.37. The van der Waals surface area contributed by atoms with Crippen LogP contribution in [0.2, 0.25) is 0 Å². The van der Waals surface area contributed by atoms with Gasteiger partial charge in [0.15, 0.2) is 0 Å². The first-order chi connectivity index (χ1) is 11.2. The number of hydrogen-bond donors (Lipinski definition) is 3. The third-order valence-electron chi connectivity index (χ3n) is 4.84. The van der Waals surface area contributed by atoms with Crippen molar-refractivity contribution in [1.82, 2.24) is 10.6 Å². The summed E-state index contributed by atoms with van der Waals surface area (Å²) in [7, 11) is 0. The van der Waals surface area contributed by atoms with Crippen LogP contribution in [0.15, 0.2) is 30.3 Å². The minimum atomic E-state index is -0.576. The lowest BCUT2D eigenvalue weighted by atomic mass is 9.94. The molecule has 1 aliphatic heterocycles. The molecule has 5 heteroatoms. The standard InChI is InChI=1S/C18H26N2O3/c21-17-15(20-14-9-5-2-6-10-14)12-23-16(17)11-19-18(22)13-7-3-1-4-8-13/h1,3-4,7-8,14-17,20-21H,2,5-6,9-12H2,(H,19,22)/t15-,16-,17+/m1/s1. The van der Waals surface area contributed by atoms with Crippen molar-refractivity contribution in [2.24, 2.45) is 0 Å². The number of rotatable bonds is 5. The largest absolute Gasteiger partial charge is 0.389 e. The summed E-state index contributed by atoms with van der Waals surface area (Å²) in [5, 5.41) is 16.8. The monoisotopic (exact) mass is 318 g/mol. The lowest BCUT2D eigenvalue weighted by molar-refractivity contribution is 0.0394. The molecule has 1 aliphatic carbocycles. The van der Waals surface area contributed by atoms with Crippen molar-refractivity contribution in [3.05, 3.63) is 35.9 Å². The zero-order valence-corrected chi connectivity index (χ0v) is 13.4. The molecule has 1 aromatic rings. The highest BCUT2D eigenvalue weighted by molar-refractivity contribution is 5.94. The molecule has 1 saturated heterocycles. The number of ether oxygens (including phenoxy) is 1. The number of carbonyl (C=O) groups excluding carboxylic acids is 1. The van der Waals surface area contributed by atoms with Crippen molar-refractivity contribution in [2.45, 2.75) is 56.4 Å². The van der Waals surface area contributed by atoms with Crippen molar-refractivity contribution < 1.29 is 14.6 Å². The third kappa shape index (κ3) is 4.31. The quantitative estimate of drug-likeness (QED) is 0.769. The van der Waals surface area contributed by atoms with E-state index in [4.69, 9.17) is 4.74 Å². The Morgan fingerprint density at radius 3 is 2.65 bits per heavy atom. The maximum atomic E-state index is 12.0. The molecule has 1 saturated carbocycles. The van der Waals surface area contributed by atoms with Crippen LogP contribution in [0.5, 0.6) is 0 Å². The predicted molar refractivity (Wildman–Crippen MR) is 88.3 cm³/mol. The van der Waals surface area contributed by atoms with E-state index >= 15 is 0 Å². The van der Waals surface area contributed by atoms with Crippen molar-refractivity contribution in [3.8, 4) is 0 Å². The Morgan fingerprint density at radius 2 is 1.91 bits per heavy atom. The lowest BCUT2D eigenvalue weighted by Gasteiger charge is -2.27. The summed E-state index contributed by atoms with van der Waals surface area (Å²) in [6.45, 7) is 0.835. The molecule has 0 aromatic heterocycles. The topological polar surface area (TPSA) is 70.6 Å². The van der Waals surface area contributed by atoms with Gasteiger partial charge in [-0.15, -0.1) is 0 Å². The SMILES string of the molecule is O=C(NC[C@H]1OC[C@@H](NC2CCCCC2)[C@@H]1O)c1ccccc1. The van der Waals surface area contributed by atoms with E-state index in [1.54, 1.807) is 12.1 Å². The van der Waals surface area contributed by atoms with Crippen molar-refractivity contribution in [2.75, 3.05) is 13.2 Å². The van der Waals surface area contributed by atoms with Crippen LogP contribution in [0.1, 0.15) is 42.5 Å². The van der Waals surface area contributed by atoms with Gasteiger partial charge in [0.1, 0.15) is 6.10 Å². The van der Waals surface area contributed by atoms with Crippen LogP contribution >= 0.6 is 0 Å². The zero-order valence-electron chi connectivity index (χ0n) is 13.4. The molecule has 5 nitrogen and oxygen atoms in total. The van der Waals surface area contributed by atoms with Crippen LogP contribution in [-0.2, 0) is 4.74 Å². The van der Waals surface area contributed by atoms with Crippen LogP contribution in [0.3, 0.4) is 0 Å². The Morgan fingerprint density at radius 1 is 1.17 bits per heavy atom. The van der Waals surface area contributed by atoms with Crippen LogP contribution < -0.4 is 10.6 Å². The Hall–Kier alpha value is -1.43. The summed E-state index contributed by atoms with van der Waals surface area (Å²) in [5.41, 5.74) is 0.622. The fraction of sp³-hybridized carbons (Fsp3) is 0.611. The third-order valence-corrected chi connectivity index (χ3v) is 4.84. The molecular weight excluding hydrogens is 292 g/mol. The van der Waals surface area contributed by atoms with Crippen molar-refractivity contribution in [1.29, 1.82) is 0 Å². The zero-order chi connectivity index (χ0) is 16.1. The maximum absolute atomic E-state index is 12.0. The first kappa shape index (κ1) is 16.4. The number of amides is 1. The van der Waals surface area contributed by atoms with E-state index in [0.717, 1.165) is 0 Å². The van der Waals surface area contributed by atoms with Gasteiger partial charge < -0.3 is 20.5 Å². The number of nitrogens with one attached hydrogen (secondary N) is 2. The Balaban J connectivity index is 1.45. The minimum Gasteiger partial charge on any atom is -0.389 e. The highest BCUT2D eigenvalue weighted by Crippen LogP contribution is 2.21. The molecule has 0 spiro atoms. The van der Waals surface area contributed by atoms with E-state index in [1.807, 2.05) is 18.2 Å². The number of carbonyl (C=O) groups is 1. The van der Waals surface area contributed by atoms with Gasteiger partial charge in [0, 0.05) is 18.2 Å². The van der Waals surface area contributed by atoms with Gasteiger partial charge in [-0.3, -0.25) is 4.79 Å². The molecule has 0 radical (unpaired) electrons. The van der Waals surface area contributed by atoms with Gasteiger partial charge >= 0.3 is 0 Å². The predicted octanol–water partition coefficient (Wildman–Crippen LogP) is 1.47. The molecule has 126 valence electrons. The van der Waals surface area contributed by atoms with Crippen LogP contribution in [0, 0.1) is 0 Å². The Bertz CT molecular complexity index is 502. The van der Waals surface area contributed by atoms with Crippen LogP contribution in [0.4, 0.5) is 0 Å². The first-order valence-electron chi connectivity index (χ1n) is 8.63. The maximum Gasteiger partial charge on any atom is 0.251 e. The summed E-state index contributed by atoms with van der Waals surface area (Å²) in [5.74, 6) is -0.134. The molecule has 2 aliphatic rings. The van der Waals surface area contributed by atoms with Gasteiger partial charge in [-0.25, -0.2) is 0 Å².